The molecule has 0 heterocycles. The molecule has 9 nitrogen and oxygen atoms in total. The number of rotatable bonds is 7. The zero-order chi connectivity index (χ0) is 17.5. The summed E-state index contributed by atoms with van der Waals surface area (Å²) < 4.78 is 5.32. The van der Waals surface area contributed by atoms with Gasteiger partial charge >= 0.3 is 5.69 Å². The lowest BCUT2D eigenvalue weighted by atomic mass is 10.2. The van der Waals surface area contributed by atoms with Crippen molar-refractivity contribution in [3.05, 3.63) is 68.3 Å². The van der Waals surface area contributed by atoms with Gasteiger partial charge in [0.15, 0.2) is 0 Å². The van der Waals surface area contributed by atoms with Gasteiger partial charge in [-0.2, -0.15) is 5.10 Å². The molecule has 0 unspecified atom stereocenters. The Morgan fingerprint density at radius 3 is 2.42 bits per heavy atom. The highest BCUT2D eigenvalue weighted by molar-refractivity contribution is 5.80. The molecule has 124 valence electrons. The van der Waals surface area contributed by atoms with Crippen LogP contribution in [0.5, 0.6) is 5.75 Å². The van der Waals surface area contributed by atoms with E-state index in [1.54, 1.807) is 24.3 Å². The van der Waals surface area contributed by atoms with Crippen LogP contribution in [0.15, 0.2) is 47.6 Å². The highest BCUT2D eigenvalue weighted by Gasteiger charge is 2.18. The molecule has 2 aromatic rings. The van der Waals surface area contributed by atoms with Gasteiger partial charge < -0.3 is 4.74 Å². The topological polar surface area (TPSA) is 120 Å². The van der Waals surface area contributed by atoms with Gasteiger partial charge in [0.25, 0.3) is 5.69 Å². The molecule has 24 heavy (non-hydrogen) atoms. The van der Waals surface area contributed by atoms with E-state index in [1.165, 1.54) is 18.3 Å². The maximum Gasteiger partial charge on any atom is 0.301 e. The number of nitrogens with zero attached hydrogens (tertiary/aromatic N) is 3. The summed E-state index contributed by atoms with van der Waals surface area (Å²) in [6.07, 6.45) is 1.47. The number of hydrazone groups is 1. The molecule has 0 atom stereocenters. The van der Waals surface area contributed by atoms with E-state index in [4.69, 9.17) is 4.74 Å². The van der Waals surface area contributed by atoms with Gasteiger partial charge in [0.05, 0.1) is 28.7 Å². The summed E-state index contributed by atoms with van der Waals surface area (Å²) in [7, 11) is 0. The molecule has 0 aromatic heterocycles. The Bertz CT molecular complexity index is 774. The van der Waals surface area contributed by atoms with Gasteiger partial charge in [-0.1, -0.05) is 0 Å². The van der Waals surface area contributed by atoms with Gasteiger partial charge in [-0.15, -0.1) is 0 Å². The first kappa shape index (κ1) is 16.9. The number of nitro benzene ring substituents is 2. The minimum Gasteiger partial charge on any atom is -0.494 e. The molecule has 9 heteroatoms. The summed E-state index contributed by atoms with van der Waals surface area (Å²) in [6, 6.07) is 10.4. The molecule has 0 aliphatic rings. The summed E-state index contributed by atoms with van der Waals surface area (Å²) >= 11 is 0. The molecular weight excluding hydrogens is 316 g/mol. The van der Waals surface area contributed by atoms with E-state index < -0.39 is 15.5 Å². The van der Waals surface area contributed by atoms with Crippen LogP contribution in [0.2, 0.25) is 0 Å². The highest BCUT2D eigenvalue weighted by Crippen LogP contribution is 2.28. The molecule has 0 fully saturated rings. The van der Waals surface area contributed by atoms with E-state index in [-0.39, 0.29) is 11.4 Å². The number of anilines is 1. The number of hydrogen-bond acceptors (Lipinski definition) is 7. The van der Waals surface area contributed by atoms with Crippen LogP contribution in [0, 0.1) is 20.2 Å². The Balaban J connectivity index is 2.13. The minimum absolute atomic E-state index is 0.0628. The van der Waals surface area contributed by atoms with Crippen LogP contribution in [0.3, 0.4) is 0 Å². The Labute approximate surface area is 136 Å². The first-order chi connectivity index (χ1) is 11.5. The minimum atomic E-state index is -0.707. The summed E-state index contributed by atoms with van der Waals surface area (Å²) in [4.78, 5) is 20.3. The van der Waals surface area contributed by atoms with Crippen LogP contribution in [0.25, 0.3) is 0 Å². The molecule has 1 N–H and O–H groups in total. The summed E-state index contributed by atoms with van der Waals surface area (Å²) in [5.41, 5.74) is 2.56. The summed E-state index contributed by atoms with van der Waals surface area (Å²) in [5, 5.41) is 25.6. The van der Waals surface area contributed by atoms with Gasteiger partial charge in [-0.3, -0.25) is 25.7 Å². The maximum atomic E-state index is 11.0. The Kier molecular flexibility index (Phi) is 5.40. The quantitative estimate of drug-likeness (QED) is 0.472. The van der Waals surface area contributed by atoms with Crippen LogP contribution >= 0.6 is 0 Å². The fourth-order valence-corrected chi connectivity index (χ4v) is 1.87. The smallest absolute Gasteiger partial charge is 0.301 e. The Morgan fingerprint density at radius 1 is 1.12 bits per heavy atom. The fraction of sp³-hybridized carbons (Fsp3) is 0.133. The second kappa shape index (κ2) is 7.68. The van der Waals surface area contributed by atoms with Crippen molar-refractivity contribution >= 4 is 23.3 Å². The van der Waals surface area contributed by atoms with Gasteiger partial charge in [0.2, 0.25) is 0 Å². The number of non-ortho nitro benzene ring substituents is 1. The molecule has 0 bridgehead atoms. The lowest BCUT2D eigenvalue weighted by Gasteiger charge is -2.03. The van der Waals surface area contributed by atoms with E-state index >= 15 is 0 Å². The first-order valence-electron chi connectivity index (χ1n) is 6.96. The number of ether oxygens (including phenoxy) is 1. The molecule has 0 aliphatic carbocycles. The van der Waals surface area contributed by atoms with Crippen molar-refractivity contribution in [1.29, 1.82) is 0 Å². The molecule has 0 radical (unpaired) electrons. The maximum absolute atomic E-state index is 11.0. The Hall–Kier alpha value is -3.49. The van der Waals surface area contributed by atoms with Gasteiger partial charge in [-0.25, -0.2) is 0 Å². The fourth-order valence-electron chi connectivity index (χ4n) is 1.87. The van der Waals surface area contributed by atoms with Crippen LogP contribution in [-0.4, -0.2) is 22.7 Å². The molecule has 0 saturated carbocycles. The molecular formula is C15H14N4O5. The molecule has 0 aliphatic heterocycles. The number of benzene rings is 2. The zero-order valence-corrected chi connectivity index (χ0v) is 12.7. The summed E-state index contributed by atoms with van der Waals surface area (Å²) in [5.74, 6) is 0.730. The molecule has 0 amide bonds. The normalized spacial score (nSPS) is 10.5. The molecule has 2 aromatic carbocycles. The lowest BCUT2D eigenvalue weighted by Crippen LogP contribution is -1.98. The standard InChI is InChI=1S/C15H14N4O5/c1-2-24-13-6-3-11(4-7-13)10-16-17-14-8-5-12(18(20)21)9-15(14)19(22)23/h3-10,17H,2H2,1H3. The van der Waals surface area contributed by atoms with Gasteiger partial charge in [-0.05, 0) is 42.8 Å². The highest BCUT2D eigenvalue weighted by atomic mass is 16.6. The van der Waals surface area contributed by atoms with E-state index in [1.807, 2.05) is 6.92 Å². The van der Waals surface area contributed by atoms with Crippen LogP contribution < -0.4 is 10.2 Å². The molecule has 0 saturated heterocycles. The largest absolute Gasteiger partial charge is 0.494 e. The van der Waals surface area contributed by atoms with Crippen molar-refractivity contribution < 1.29 is 14.6 Å². The van der Waals surface area contributed by atoms with Crippen molar-refractivity contribution in [1.82, 2.24) is 0 Å². The van der Waals surface area contributed by atoms with Crippen molar-refractivity contribution in [2.45, 2.75) is 6.92 Å². The van der Waals surface area contributed by atoms with Crippen LogP contribution in [0.1, 0.15) is 12.5 Å². The Morgan fingerprint density at radius 2 is 1.83 bits per heavy atom. The summed E-state index contributed by atoms with van der Waals surface area (Å²) in [6.45, 7) is 2.45. The third-order valence-electron chi connectivity index (χ3n) is 2.98. The third-order valence-corrected chi connectivity index (χ3v) is 2.98. The van der Waals surface area contributed by atoms with E-state index in [9.17, 15) is 20.2 Å². The predicted octanol–water partition coefficient (Wildman–Crippen LogP) is 3.35. The predicted molar refractivity (Wildman–Crippen MR) is 88.6 cm³/mol. The third kappa shape index (κ3) is 4.26. The van der Waals surface area contributed by atoms with Crippen LogP contribution in [-0.2, 0) is 0 Å². The zero-order valence-electron chi connectivity index (χ0n) is 12.7. The lowest BCUT2D eigenvalue weighted by molar-refractivity contribution is -0.393. The first-order valence-corrected chi connectivity index (χ1v) is 6.96. The SMILES string of the molecule is CCOc1ccc(C=NNc2ccc([N+](=O)[O-])cc2[N+](=O)[O-])cc1. The van der Waals surface area contributed by atoms with Crippen molar-refractivity contribution in [3.8, 4) is 5.75 Å². The van der Waals surface area contributed by atoms with Crippen molar-refractivity contribution in [2.24, 2.45) is 5.10 Å². The number of nitrogens with one attached hydrogen (secondary N) is 1. The monoisotopic (exact) mass is 330 g/mol. The second-order valence-corrected chi connectivity index (χ2v) is 4.59. The average Bonchev–Trinajstić information content (AvgIpc) is 2.56. The average molecular weight is 330 g/mol. The second-order valence-electron chi connectivity index (χ2n) is 4.59. The van der Waals surface area contributed by atoms with E-state index in [0.29, 0.717) is 6.61 Å². The van der Waals surface area contributed by atoms with Gasteiger partial charge in [0.1, 0.15) is 11.4 Å². The van der Waals surface area contributed by atoms with E-state index in [2.05, 4.69) is 10.5 Å². The van der Waals surface area contributed by atoms with Gasteiger partial charge in [0, 0.05) is 6.07 Å². The number of hydrogen-bond donors (Lipinski definition) is 1. The van der Waals surface area contributed by atoms with E-state index in [0.717, 1.165) is 17.4 Å². The molecule has 0 spiro atoms. The van der Waals surface area contributed by atoms with Crippen LogP contribution in [0.4, 0.5) is 17.1 Å². The van der Waals surface area contributed by atoms with Crippen molar-refractivity contribution in [3.63, 3.8) is 0 Å². The number of nitro groups is 2. The van der Waals surface area contributed by atoms with Crippen molar-refractivity contribution in [2.75, 3.05) is 12.0 Å². The molecule has 2 rings (SSSR count).